The molecular weight excluding hydrogens is 341 g/mol. The van der Waals surface area contributed by atoms with Gasteiger partial charge in [0.15, 0.2) is 5.78 Å². The van der Waals surface area contributed by atoms with Gasteiger partial charge < -0.3 is 33.2 Å². The van der Waals surface area contributed by atoms with Gasteiger partial charge in [-0.05, 0) is 31.2 Å². The SMILES string of the molecule is CCOc1ccc(C(=O)CC[N+](C)(C)C)cc1.[I-]. The van der Waals surface area contributed by atoms with Gasteiger partial charge in [-0.3, -0.25) is 4.79 Å². The average molecular weight is 363 g/mol. The van der Waals surface area contributed by atoms with Gasteiger partial charge in [-0.1, -0.05) is 0 Å². The zero-order valence-corrected chi connectivity index (χ0v) is 13.7. The van der Waals surface area contributed by atoms with E-state index in [2.05, 4.69) is 21.1 Å². The van der Waals surface area contributed by atoms with Gasteiger partial charge in [0.25, 0.3) is 0 Å². The van der Waals surface area contributed by atoms with Crippen LogP contribution in [0.4, 0.5) is 0 Å². The maximum atomic E-state index is 11.9. The average Bonchev–Trinajstić information content (AvgIpc) is 2.26. The Bertz CT molecular complexity index is 368. The van der Waals surface area contributed by atoms with Crippen molar-refractivity contribution in [2.45, 2.75) is 13.3 Å². The molecule has 0 aliphatic heterocycles. The third-order valence-electron chi connectivity index (χ3n) is 2.50. The van der Waals surface area contributed by atoms with E-state index in [9.17, 15) is 4.79 Å². The zero-order valence-electron chi connectivity index (χ0n) is 11.6. The lowest BCUT2D eigenvalue weighted by Crippen LogP contribution is -3.00. The highest BCUT2D eigenvalue weighted by atomic mass is 127. The summed E-state index contributed by atoms with van der Waals surface area (Å²) in [6, 6.07) is 7.37. The Kier molecular flexibility index (Phi) is 7.47. The van der Waals surface area contributed by atoms with Crippen molar-refractivity contribution >= 4 is 5.78 Å². The standard InChI is InChI=1S/C14H22NO2.HI/c1-5-17-13-8-6-12(7-9-13)14(16)10-11-15(2,3)4;/h6-9H,5,10-11H2,1-4H3;1H/q+1;/p-1. The first kappa shape index (κ1) is 17.4. The number of benzene rings is 1. The van der Waals surface area contributed by atoms with E-state index in [1.165, 1.54) is 0 Å². The fourth-order valence-electron chi connectivity index (χ4n) is 1.49. The van der Waals surface area contributed by atoms with Crippen LogP contribution in [0.2, 0.25) is 0 Å². The number of nitrogens with zero attached hydrogens (tertiary/aromatic N) is 1. The molecule has 0 fully saturated rings. The molecule has 1 aromatic carbocycles. The van der Waals surface area contributed by atoms with Crippen LogP contribution < -0.4 is 28.7 Å². The maximum absolute atomic E-state index is 11.9. The van der Waals surface area contributed by atoms with E-state index in [0.717, 1.165) is 22.3 Å². The number of hydrogen-bond donors (Lipinski definition) is 0. The van der Waals surface area contributed by atoms with Crippen molar-refractivity contribution in [2.24, 2.45) is 0 Å². The van der Waals surface area contributed by atoms with Crippen LogP contribution >= 0.6 is 0 Å². The van der Waals surface area contributed by atoms with E-state index in [1.54, 1.807) is 0 Å². The van der Waals surface area contributed by atoms with E-state index in [1.807, 2.05) is 31.2 Å². The Hall–Kier alpha value is -0.620. The maximum Gasteiger partial charge on any atom is 0.168 e. The molecule has 0 aromatic heterocycles. The van der Waals surface area contributed by atoms with Gasteiger partial charge in [-0.25, -0.2) is 0 Å². The molecule has 0 unspecified atom stereocenters. The number of halogens is 1. The molecule has 0 spiro atoms. The van der Waals surface area contributed by atoms with E-state index in [0.29, 0.717) is 13.0 Å². The van der Waals surface area contributed by atoms with Crippen LogP contribution in [-0.4, -0.2) is 44.6 Å². The van der Waals surface area contributed by atoms with Crippen LogP contribution in [0, 0.1) is 0 Å². The molecular formula is C14H22INO2. The van der Waals surface area contributed by atoms with E-state index in [4.69, 9.17) is 4.74 Å². The van der Waals surface area contributed by atoms with Gasteiger partial charge in [-0.2, -0.15) is 0 Å². The highest BCUT2D eigenvalue weighted by Crippen LogP contribution is 2.13. The number of ketones is 1. The molecule has 0 heterocycles. The normalized spacial score (nSPS) is 10.7. The molecule has 0 amide bonds. The Balaban J connectivity index is 0.00000289. The van der Waals surface area contributed by atoms with Gasteiger partial charge >= 0.3 is 0 Å². The predicted octanol–water partition coefficient (Wildman–Crippen LogP) is -0.632. The fraction of sp³-hybridized carbons (Fsp3) is 0.500. The van der Waals surface area contributed by atoms with E-state index in [-0.39, 0.29) is 29.8 Å². The number of quaternary nitrogens is 1. The molecule has 0 aliphatic carbocycles. The second-order valence-electron chi connectivity index (χ2n) is 5.14. The van der Waals surface area contributed by atoms with Gasteiger partial charge in [0, 0.05) is 5.56 Å². The summed E-state index contributed by atoms with van der Waals surface area (Å²) in [5.41, 5.74) is 0.766. The molecule has 0 radical (unpaired) electrons. The third-order valence-corrected chi connectivity index (χ3v) is 2.50. The highest BCUT2D eigenvalue weighted by Gasteiger charge is 2.12. The van der Waals surface area contributed by atoms with Gasteiger partial charge in [0.05, 0.1) is 40.7 Å². The second kappa shape index (κ2) is 7.74. The number of rotatable bonds is 6. The first-order valence-electron chi connectivity index (χ1n) is 5.99. The smallest absolute Gasteiger partial charge is 0.168 e. The minimum atomic E-state index is 0. The molecule has 0 aliphatic rings. The van der Waals surface area contributed by atoms with Crippen LogP contribution in [0.25, 0.3) is 0 Å². The number of hydrogen-bond acceptors (Lipinski definition) is 2. The van der Waals surface area contributed by atoms with E-state index >= 15 is 0 Å². The molecule has 0 bridgehead atoms. The van der Waals surface area contributed by atoms with Crippen LogP contribution in [0.5, 0.6) is 5.75 Å². The molecule has 3 nitrogen and oxygen atoms in total. The van der Waals surface area contributed by atoms with Crippen molar-refractivity contribution in [3.63, 3.8) is 0 Å². The summed E-state index contributed by atoms with van der Waals surface area (Å²) in [5.74, 6) is 1.01. The molecule has 0 N–H and O–H groups in total. The van der Waals surface area contributed by atoms with Crippen LogP contribution in [0.15, 0.2) is 24.3 Å². The van der Waals surface area contributed by atoms with Crippen molar-refractivity contribution in [1.82, 2.24) is 0 Å². The second-order valence-corrected chi connectivity index (χ2v) is 5.14. The number of ether oxygens (including phenoxy) is 1. The van der Waals surface area contributed by atoms with Crippen molar-refractivity contribution in [3.05, 3.63) is 29.8 Å². The van der Waals surface area contributed by atoms with Crippen LogP contribution in [-0.2, 0) is 0 Å². The molecule has 0 atom stereocenters. The first-order chi connectivity index (χ1) is 7.92. The summed E-state index contributed by atoms with van der Waals surface area (Å²) < 4.78 is 6.15. The third kappa shape index (κ3) is 6.35. The summed E-state index contributed by atoms with van der Waals surface area (Å²) >= 11 is 0. The molecule has 4 heteroatoms. The lowest BCUT2D eigenvalue weighted by Gasteiger charge is -2.23. The molecule has 1 aromatic rings. The summed E-state index contributed by atoms with van der Waals surface area (Å²) in [4.78, 5) is 11.9. The van der Waals surface area contributed by atoms with Crippen LogP contribution in [0.3, 0.4) is 0 Å². The first-order valence-corrected chi connectivity index (χ1v) is 5.99. The molecule has 0 saturated heterocycles. The number of carbonyl (C=O) groups excluding carboxylic acids is 1. The number of Topliss-reactive ketones (excluding diaryl/α,β-unsaturated/α-hetero) is 1. The van der Waals surface area contributed by atoms with E-state index < -0.39 is 0 Å². The largest absolute Gasteiger partial charge is 1.00 e. The summed E-state index contributed by atoms with van der Waals surface area (Å²) in [5, 5.41) is 0. The molecule has 0 saturated carbocycles. The Morgan fingerprint density at radius 1 is 1.17 bits per heavy atom. The van der Waals surface area contributed by atoms with Crippen LogP contribution in [0.1, 0.15) is 23.7 Å². The van der Waals surface area contributed by atoms with Gasteiger partial charge in [0.2, 0.25) is 0 Å². The highest BCUT2D eigenvalue weighted by molar-refractivity contribution is 5.96. The Labute approximate surface area is 127 Å². The topological polar surface area (TPSA) is 26.3 Å². The van der Waals surface area contributed by atoms with Gasteiger partial charge in [-0.15, -0.1) is 0 Å². The Morgan fingerprint density at radius 2 is 1.72 bits per heavy atom. The fourth-order valence-corrected chi connectivity index (χ4v) is 1.49. The molecule has 1 rings (SSSR count). The molecule has 18 heavy (non-hydrogen) atoms. The number of carbonyl (C=O) groups is 1. The Morgan fingerprint density at radius 3 is 2.17 bits per heavy atom. The lowest BCUT2D eigenvalue weighted by molar-refractivity contribution is -0.869. The monoisotopic (exact) mass is 363 g/mol. The van der Waals surface area contributed by atoms with Crippen molar-refractivity contribution < 1.29 is 38.0 Å². The van der Waals surface area contributed by atoms with Crippen molar-refractivity contribution in [2.75, 3.05) is 34.3 Å². The lowest BCUT2D eigenvalue weighted by atomic mass is 10.1. The minimum absolute atomic E-state index is 0. The van der Waals surface area contributed by atoms with Crippen molar-refractivity contribution in [1.29, 1.82) is 0 Å². The zero-order chi connectivity index (χ0) is 12.9. The summed E-state index contributed by atoms with van der Waals surface area (Å²) in [6.07, 6.45) is 0.581. The molecule has 102 valence electrons. The predicted molar refractivity (Wildman–Crippen MR) is 69.5 cm³/mol. The van der Waals surface area contributed by atoms with Crippen molar-refractivity contribution in [3.8, 4) is 5.75 Å². The van der Waals surface area contributed by atoms with Gasteiger partial charge in [0.1, 0.15) is 5.75 Å². The summed E-state index contributed by atoms with van der Waals surface area (Å²) in [7, 11) is 6.27. The minimum Gasteiger partial charge on any atom is -1.00 e. The quantitative estimate of drug-likeness (QED) is 0.382. The summed E-state index contributed by atoms with van der Waals surface area (Å²) in [6.45, 7) is 3.45.